The Bertz CT molecular complexity index is 494. The van der Waals surface area contributed by atoms with Gasteiger partial charge in [-0.25, -0.2) is 13.6 Å². The van der Waals surface area contributed by atoms with E-state index in [1.807, 2.05) is 0 Å². The summed E-state index contributed by atoms with van der Waals surface area (Å²) < 4.78 is 26.3. The van der Waals surface area contributed by atoms with E-state index in [4.69, 9.17) is 5.11 Å². The number of hydrogen-bond donors (Lipinski definition) is 3. The van der Waals surface area contributed by atoms with Crippen molar-refractivity contribution in [2.45, 2.75) is 18.6 Å². The lowest BCUT2D eigenvalue weighted by molar-refractivity contribution is 0.131. The number of aliphatic hydroxyl groups is 1. The molecule has 1 amide bonds. The first-order valence-electron chi connectivity index (χ1n) is 5.25. The summed E-state index contributed by atoms with van der Waals surface area (Å²) in [6.45, 7) is -0.155. The minimum atomic E-state index is -1.32. The fourth-order valence-electron chi connectivity index (χ4n) is 2.16. The van der Waals surface area contributed by atoms with E-state index in [1.165, 1.54) is 0 Å². The highest BCUT2D eigenvalue weighted by molar-refractivity contribution is 5.66. The van der Waals surface area contributed by atoms with Gasteiger partial charge in [0.2, 0.25) is 0 Å². The zero-order valence-corrected chi connectivity index (χ0v) is 9.18. The van der Waals surface area contributed by atoms with Gasteiger partial charge in [-0.15, -0.1) is 0 Å². The molecular formula is C11H11F2NO4. The second kappa shape index (κ2) is 4.41. The van der Waals surface area contributed by atoms with E-state index in [9.17, 15) is 23.8 Å². The number of likely N-dealkylation sites (tertiary alicyclic amines) is 1. The lowest BCUT2D eigenvalue weighted by Crippen LogP contribution is -2.30. The van der Waals surface area contributed by atoms with Crippen LogP contribution in [-0.2, 0) is 0 Å². The highest BCUT2D eigenvalue weighted by Gasteiger charge is 2.37. The molecule has 0 bridgehead atoms. The van der Waals surface area contributed by atoms with Crippen molar-refractivity contribution in [1.82, 2.24) is 4.90 Å². The predicted molar refractivity (Wildman–Crippen MR) is 56.1 cm³/mol. The van der Waals surface area contributed by atoms with Crippen molar-refractivity contribution in [3.63, 3.8) is 0 Å². The Morgan fingerprint density at radius 2 is 2.06 bits per heavy atom. The van der Waals surface area contributed by atoms with Gasteiger partial charge in [0, 0.05) is 11.6 Å². The minimum absolute atomic E-state index is 0.0112. The van der Waals surface area contributed by atoms with Gasteiger partial charge in [0.25, 0.3) is 0 Å². The van der Waals surface area contributed by atoms with Gasteiger partial charge in [-0.2, -0.15) is 0 Å². The molecule has 2 atom stereocenters. The Labute approximate surface area is 101 Å². The van der Waals surface area contributed by atoms with Crippen LogP contribution in [-0.4, -0.2) is 39.0 Å². The van der Waals surface area contributed by atoms with Crippen molar-refractivity contribution in [2.75, 3.05) is 6.54 Å². The topological polar surface area (TPSA) is 81.0 Å². The molecule has 98 valence electrons. The van der Waals surface area contributed by atoms with Crippen molar-refractivity contribution in [1.29, 1.82) is 0 Å². The Kier molecular flexibility index (Phi) is 3.08. The number of benzene rings is 1. The van der Waals surface area contributed by atoms with Crippen LogP contribution >= 0.6 is 0 Å². The van der Waals surface area contributed by atoms with E-state index < -0.39 is 35.6 Å². The molecule has 2 rings (SSSR count). The SMILES string of the molecule is O=C(O)N1C[C@H](O)CC1c1cc(F)cc(F)c1O. The Hall–Kier alpha value is -1.89. The third kappa shape index (κ3) is 2.08. The normalized spacial score (nSPS) is 23.4. The number of β-amino-alcohol motifs (C(OH)–C–C–N with tert-alkyl or cyclic N) is 1. The summed E-state index contributed by atoms with van der Waals surface area (Å²) in [4.78, 5) is 11.8. The largest absolute Gasteiger partial charge is 0.505 e. The zero-order valence-electron chi connectivity index (χ0n) is 9.18. The van der Waals surface area contributed by atoms with Crippen LogP contribution < -0.4 is 0 Å². The molecule has 1 unspecified atom stereocenters. The molecular weight excluding hydrogens is 248 g/mol. The molecule has 1 aliphatic heterocycles. The molecule has 0 spiro atoms. The average Bonchev–Trinajstić information content (AvgIpc) is 2.65. The van der Waals surface area contributed by atoms with E-state index in [-0.39, 0.29) is 18.5 Å². The van der Waals surface area contributed by atoms with Gasteiger partial charge in [0.05, 0.1) is 18.7 Å². The van der Waals surface area contributed by atoms with Crippen LogP contribution in [0.1, 0.15) is 18.0 Å². The molecule has 0 aromatic heterocycles. The lowest BCUT2D eigenvalue weighted by atomic mass is 10.0. The van der Waals surface area contributed by atoms with Gasteiger partial charge in [-0.1, -0.05) is 0 Å². The van der Waals surface area contributed by atoms with Crippen molar-refractivity contribution in [3.05, 3.63) is 29.3 Å². The number of nitrogens with zero attached hydrogens (tertiary/aromatic N) is 1. The van der Waals surface area contributed by atoms with Gasteiger partial charge in [0.15, 0.2) is 11.6 Å². The van der Waals surface area contributed by atoms with Gasteiger partial charge >= 0.3 is 6.09 Å². The van der Waals surface area contributed by atoms with Crippen LogP contribution in [0.3, 0.4) is 0 Å². The van der Waals surface area contributed by atoms with Gasteiger partial charge in [0.1, 0.15) is 5.82 Å². The van der Waals surface area contributed by atoms with Crippen LogP contribution in [0, 0.1) is 11.6 Å². The number of amides is 1. The number of carboxylic acid groups (broad SMARTS) is 1. The molecule has 1 saturated heterocycles. The summed E-state index contributed by atoms with van der Waals surface area (Å²) in [5.74, 6) is -2.86. The monoisotopic (exact) mass is 259 g/mol. The number of aromatic hydroxyl groups is 1. The van der Waals surface area contributed by atoms with E-state index in [0.29, 0.717) is 6.07 Å². The van der Waals surface area contributed by atoms with Crippen molar-refractivity contribution < 1.29 is 28.9 Å². The van der Waals surface area contributed by atoms with Gasteiger partial charge in [-0.05, 0) is 12.5 Å². The number of carbonyl (C=O) groups is 1. The highest BCUT2D eigenvalue weighted by Crippen LogP contribution is 2.38. The van der Waals surface area contributed by atoms with E-state index >= 15 is 0 Å². The maximum Gasteiger partial charge on any atom is 0.407 e. The number of hydrogen-bond acceptors (Lipinski definition) is 3. The van der Waals surface area contributed by atoms with Gasteiger partial charge in [-0.3, -0.25) is 4.90 Å². The van der Waals surface area contributed by atoms with Gasteiger partial charge < -0.3 is 15.3 Å². The second-order valence-corrected chi connectivity index (χ2v) is 4.17. The van der Waals surface area contributed by atoms with Crippen LogP contribution in [0.2, 0.25) is 0 Å². The molecule has 7 heteroatoms. The van der Waals surface area contributed by atoms with Crippen LogP contribution in [0.15, 0.2) is 12.1 Å². The number of rotatable bonds is 1. The van der Waals surface area contributed by atoms with E-state index in [1.54, 1.807) is 0 Å². The molecule has 1 fully saturated rings. The van der Waals surface area contributed by atoms with Crippen molar-refractivity contribution >= 4 is 6.09 Å². The fraction of sp³-hybridized carbons (Fsp3) is 0.364. The summed E-state index contributed by atoms with van der Waals surface area (Å²) in [7, 11) is 0. The summed E-state index contributed by atoms with van der Waals surface area (Å²) in [5, 5.41) is 27.9. The summed E-state index contributed by atoms with van der Waals surface area (Å²) >= 11 is 0. The Morgan fingerprint density at radius 3 is 2.67 bits per heavy atom. The molecule has 0 radical (unpaired) electrons. The number of phenolic OH excluding ortho intramolecular Hbond substituents is 1. The first-order chi connectivity index (χ1) is 8.40. The maximum absolute atomic E-state index is 13.2. The summed E-state index contributed by atoms with van der Waals surface area (Å²) in [5.41, 5.74) is -0.175. The average molecular weight is 259 g/mol. The summed E-state index contributed by atoms with van der Waals surface area (Å²) in [6, 6.07) is 0.425. The Morgan fingerprint density at radius 1 is 1.39 bits per heavy atom. The molecule has 1 heterocycles. The van der Waals surface area contributed by atoms with Crippen LogP contribution in [0.25, 0.3) is 0 Å². The maximum atomic E-state index is 13.2. The van der Waals surface area contributed by atoms with Crippen LogP contribution in [0.5, 0.6) is 5.75 Å². The molecule has 3 N–H and O–H groups in total. The quantitative estimate of drug-likeness (QED) is 0.713. The lowest BCUT2D eigenvalue weighted by Gasteiger charge is -2.22. The van der Waals surface area contributed by atoms with E-state index in [2.05, 4.69) is 0 Å². The van der Waals surface area contributed by atoms with Crippen molar-refractivity contribution in [2.24, 2.45) is 0 Å². The van der Waals surface area contributed by atoms with Crippen molar-refractivity contribution in [3.8, 4) is 5.75 Å². The molecule has 1 aliphatic rings. The second-order valence-electron chi connectivity index (χ2n) is 4.17. The fourth-order valence-corrected chi connectivity index (χ4v) is 2.16. The first kappa shape index (κ1) is 12.6. The Balaban J connectivity index is 2.44. The third-order valence-corrected chi connectivity index (χ3v) is 2.94. The standard InChI is InChI=1S/C11H11F2NO4/c12-5-1-7(10(16)8(13)2-5)9-3-6(15)4-14(9)11(17)18/h1-2,6,9,15-16H,3-4H2,(H,17,18)/t6-,9?/m1/s1. The minimum Gasteiger partial charge on any atom is -0.505 e. The first-order valence-corrected chi connectivity index (χ1v) is 5.25. The molecule has 0 saturated carbocycles. The molecule has 18 heavy (non-hydrogen) atoms. The summed E-state index contributed by atoms with van der Waals surface area (Å²) in [6.07, 6.45) is -2.25. The van der Waals surface area contributed by atoms with Crippen LogP contribution in [0.4, 0.5) is 13.6 Å². The zero-order chi connectivity index (χ0) is 13.4. The number of phenols is 1. The molecule has 1 aromatic carbocycles. The predicted octanol–water partition coefficient (Wildman–Crippen LogP) is 1.46. The molecule has 5 nitrogen and oxygen atoms in total. The molecule has 0 aliphatic carbocycles. The molecule has 1 aromatic rings. The van der Waals surface area contributed by atoms with E-state index in [0.717, 1.165) is 11.0 Å². The number of halogens is 2. The smallest absolute Gasteiger partial charge is 0.407 e. The third-order valence-electron chi connectivity index (χ3n) is 2.94. The number of aliphatic hydroxyl groups excluding tert-OH is 1. The highest BCUT2D eigenvalue weighted by atomic mass is 19.1.